The van der Waals surface area contributed by atoms with Gasteiger partial charge in [-0.1, -0.05) is 42.0 Å². The lowest BCUT2D eigenvalue weighted by molar-refractivity contribution is 0.0693. The van der Waals surface area contributed by atoms with Crippen molar-refractivity contribution in [2.45, 2.75) is 19.5 Å². The highest BCUT2D eigenvalue weighted by Crippen LogP contribution is 2.38. The summed E-state index contributed by atoms with van der Waals surface area (Å²) in [6, 6.07) is 24.5. The molecule has 4 aromatic rings. The molecule has 3 heterocycles. The third-order valence-electron chi connectivity index (χ3n) is 5.30. The van der Waals surface area contributed by atoms with Crippen LogP contribution >= 0.6 is 11.3 Å². The van der Waals surface area contributed by atoms with E-state index in [4.69, 9.17) is 0 Å². The average Bonchev–Trinajstić information content (AvgIpc) is 3.38. The topological polar surface area (TPSA) is 25.2 Å². The van der Waals surface area contributed by atoms with Crippen LogP contribution in [0.3, 0.4) is 0 Å². The highest BCUT2D eigenvalue weighted by atomic mass is 32.1. The Morgan fingerprint density at radius 2 is 1.89 bits per heavy atom. The molecule has 0 saturated carbocycles. The zero-order valence-electron chi connectivity index (χ0n) is 15.6. The van der Waals surface area contributed by atoms with Gasteiger partial charge in [0.05, 0.1) is 11.4 Å². The molecule has 1 aliphatic heterocycles. The maximum atomic E-state index is 13.7. The molecule has 2 aromatic heterocycles. The van der Waals surface area contributed by atoms with Crippen LogP contribution in [0, 0.1) is 6.92 Å². The Balaban J connectivity index is 1.71. The summed E-state index contributed by atoms with van der Waals surface area (Å²) in [5, 5.41) is 2.08. The minimum atomic E-state index is -0.115. The first-order chi connectivity index (χ1) is 13.7. The molecule has 1 amide bonds. The Labute approximate surface area is 168 Å². The van der Waals surface area contributed by atoms with Crippen LogP contribution in [-0.4, -0.2) is 15.4 Å². The number of hydrogen-bond acceptors (Lipinski definition) is 2. The molecule has 5 rings (SSSR count). The lowest BCUT2D eigenvalue weighted by Gasteiger charge is -2.30. The van der Waals surface area contributed by atoms with Crippen LogP contribution in [0.2, 0.25) is 0 Å². The maximum absolute atomic E-state index is 13.7. The third kappa shape index (κ3) is 2.77. The molecule has 1 aliphatic rings. The molecular formula is C24H20N2OS. The predicted molar refractivity (Wildman–Crippen MR) is 113 cm³/mol. The molecule has 138 valence electrons. The van der Waals surface area contributed by atoms with Gasteiger partial charge in [-0.2, -0.15) is 0 Å². The second kappa shape index (κ2) is 6.80. The van der Waals surface area contributed by atoms with Crippen LogP contribution in [-0.2, 0) is 6.54 Å². The van der Waals surface area contributed by atoms with Crippen LogP contribution in [0.1, 0.15) is 38.1 Å². The van der Waals surface area contributed by atoms with Gasteiger partial charge in [-0.15, -0.1) is 11.3 Å². The monoisotopic (exact) mass is 384 g/mol. The van der Waals surface area contributed by atoms with Gasteiger partial charge in [0, 0.05) is 23.2 Å². The average molecular weight is 385 g/mol. The number of rotatable bonds is 2. The van der Waals surface area contributed by atoms with Crippen LogP contribution < -0.4 is 0 Å². The molecular weight excluding hydrogens is 364 g/mol. The molecule has 0 unspecified atom stereocenters. The van der Waals surface area contributed by atoms with Gasteiger partial charge in [-0.3, -0.25) is 4.79 Å². The standard InChI is InChI=1S/C24H20N2OS/c1-17-7-4-9-18(15-17)24(27)26-16-19-8-2-3-10-20(19)25-13-5-11-21(25)23(26)22-12-6-14-28-22/h2-15,23H,16H2,1H3/t23-/m0/s1. The van der Waals surface area contributed by atoms with E-state index >= 15 is 0 Å². The van der Waals surface area contributed by atoms with E-state index in [9.17, 15) is 4.79 Å². The lowest BCUT2D eigenvalue weighted by Crippen LogP contribution is -2.34. The Bertz CT molecular complexity index is 1140. The molecule has 0 saturated heterocycles. The quantitative estimate of drug-likeness (QED) is 0.442. The van der Waals surface area contributed by atoms with E-state index in [0.717, 1.165) is 28.1 Å². The fourth-order valence-corrected chi connectivity index (χ4v) is 4.88. The van der Waals surface area contributed by atoms with Gasteiger partial charge in [0.1, 0.15) is 6.04 Å². The van der Waals surface area contributed by atoms with Crippen molar-refractivity contribution >= 4 is 17.2 Å². The van der Waals surface area contributed by atoms with Gasteiger partial charge in [0.25, 0.3) is 5.91 Å². The maximum Gasteiger partial charge on any atom is 0.255 e. The molecule has 4 heteroatoms. The number of nitrogens with zero attached hydrogens (tertiary/aromatic N) is 2. The molecule has 0 fully saturated rings. The number of hydrogen-bond donors (Lipinski definition) is 0. The Morgan fingerprint density at radius 1 is 1.00 bits per heavy atom. The van der Waals surface area contributed by atoms with Gasteiger partial charge in [-0.05, 0) is 54.3 Å². The van der Waals surface area contributed by atoms with Crippen molar-refractivity contribution in [1.29, 1.82) is 0 Å². The third-order valence-corrected chi connectivity index (χ3v) is 6.23. The minimum absolute atomic E-state index is 0.0616. The van der Waals surface area contributed by atoms with E-state index in [0.29, 0.717) is 6.54 Å². The number of aryl methyl sites for hydroxylation is 1. The molecule has 0 bridgehead atoms. The summed E-state index contributed by atoms with van der Waals surface area (Å²) in [7, 11) is 0. The van der Waals surface area contributed by atoms with Crippen molar-refractivity contribution in [1.82, 2.24) is 9.47 Å². The highest BCUT2D eigenvalue weighted by Gasteiger charge is 2.33. The van der Waals surface area contributed by atoms with Crippen LogP contribution in [0.5, 0.6) is 0 Å². The molecule has 3 nitrogen and oxygen atoms in total. The predicted octanol–water partition coefficient (Wildman–Crippen LogP) is 5.59. The summed E-state index contributed by atoms with van der Waals surface area (Å²) in [4.78, 5) is 16.9. The van der Waals surface area contributed by atoms with Gasteiger partial charge >= 0.3 is 0 Å². The first-order valence-corrected chi connectivity index (χ1v) is 10.3. The summed E-state index contributed by atoms with van der Waals surface area (Å²) in [6.45, 7) is 2.60. The first kappa shape index (κ1) is 17.0. The van der Waals surface area contributed by atoms with E-state index in [-0.39, 0.29) is 11.9 Å². The number of thiophene rings is 1. The fraction of sp³-hybridized carbons (Fsp3) is 0.125. The number of benzene rings is 2. The van der Waals surface area contributed by atoms with E-state index in [1.807, 2.05) is 42.2 Å². The van der Waals surface area contributed by atoms with Crippen molar-refractivity contribution in [2.24, 2.45) is 0 Å². The molecule has 28 heavy (non-hydrogen) atoms. The molecule has 2 aromatic carbocycles. The molecule has 0 spiro atoms. The van der Waals surface area contributed by atoms with Crippen molar-refractivity contribution in [2.75, 3.05) is 0 Å². The zero-order valence-corrected chi connectivity index (χ0v) is 16.4. The number of fused-ring (bicyclic) bond motifs is 3. The van der Waals surface area contributed by atoms with Crippen LogP contribution in [0.25, 0.3) is 5.69 Å². The van der Waals surface area contributed by atoms with Gasteiger partial charge in [0.15, 0.2) is 0 Å². The van der Waals surface area contributed by atoms with Crippen molar-refractivity contribution in [3.05, 3.63) is 112 Å². The lowest BCUT2D eigenvalue weighted by atomic mass is 10.1. The summed E-state index contributed by atoms with van der Waals surface area (Å²) >= 11 is 1.70. The second-order valence-corrected chi connectivity index (χ2v) is 8.13. The van der Waals surface area contributed by atoms with Gasteiger partial charge < -0.3 is 9.47 Å². The van der Waals surface area contributed by atoms with Crippen molar-refractivity contribution in [3.8, 4) is 5.69 Å². The van der Waals surface area contributed by atoms with Gasteiger partial charge in [-0.25, -0.2) is 0 Å². The molecule has 0 radical (unpaired) electrons. The van der Waals surface area contributed by atoms with E-state index in [1.54, 1.807) is 11.3 Å². The molecule has 0 aliphatic carbocycles. The van der Waals surface area contributed by atoms with E-state index in [2.05, 4.69) is 58.6 Å². The number of aromatic nitrogens is 1. The fourth-order valence-electron chi connectivity index (χ4n) is 4.03. The Hall–Kier alpha value is -3.11. The van der Waals surface area contributed by atoms with Crippen LogP contribution in [0.15, 0.2) is 84.4 Å². The Morgan fingerprint density at radius 3 is 2.71 bits per heavy atom. The highest BCUT2D eigenvalue weighted by molar-refractivity contribution is 7.10. The smallest absolute Gasteiger partial charge is 0.255 e. The summed E-state index contributed by atoms with van der Waals surface area (Å²) in [6.07, 6.45) is 2.09. The zero-order chi connectivity index (χ0) is 19.1. The number of carbonyl (C=O) groups excluding carboxylic acids is 1. The molecule has 0 N–H and O–H groups in total. The number of carbonyl (C=O) groups is 1. The van der Waals surface area contributed by atoms with Crippen molar-refractivity contribution < 1.29 is 4.79 Å². The second-order valence-electron chi connectivity index (χ2n) is 7.15. The molecule has 1 atom stereocenters. The van der Waals surface area contributed by atoms with E-state index in [1.165, 1.54) is 4.88 Å². The first-order valence-electron chi connectivity index (χ1n) is 9.39. The van der Waals surface area contributed by atoms with Gasteiger partial charge in [0.2, 0.25) is 0 Å². The van der Waals surface area contributed by atoms with E-state index < -0.39 is 0 Å². The summed E-state index contributed by atoms with van der Waals surface area (Å²) in [5.74, 6) is 0.0616. The van der Waals surface area contributed by atoms with Crippen LogP contribution in [0.4, 0.5) is 0 Å². The van der Waals surface area contributed by atoms with Crippen molar-refractivity contribution in [3.63, 3.8) is 0 Å². The summed E-state index contributed by atoms with van der Waals surface area (Å²) in [5.41, 5.74) is 5.24. The number of amides is 1. The largest absolute Gasteiger partial charge is 0.321 e. The number of para-hydroxylation sites is 1. The SMILES string of the molecule is Cc1cccc(C(=O)N2Cc3ccccc3-n3cccc3[C@H]2c2cccs2)c1. The Kier molecular flexibility index (Phi) is 4.14. The minimum Gasteiger partial charge on any atom is -0.321 e. The normalized spacial score (nSPS) is 15.6. The summed E-state index contributed by atoms with van der Waals surface area (Å²) < 4.78 is 2.23.